The van der Waals surface area contributed by atoms with Crippen molar-refractivity contribution in [1.29, 1.82) is 0 Å². The number of rotatable bonds is 6. The van der Waals surface area contributed by atoms with Gasteiger partial charge in [0.1, 0.15) is 0 Å². The molecule has 1 heterocycles. The van der Waals surface area contributed by atoms with Crippen molar-refractivity contribution in [1.82, 2.24) is 0 Å². The maximum Gasteiger partial charge on any atom is 0.0603 e. The Labute approximate surface area is 117 Å². The Kier molecular flexibility index (Phi) is 6.62. The third-order valence-corrected chi connectivity index (χ3v) is 5.01. The zero-order chi connectivity index (χ0) is 13.5. The van der Waals surface area contributed by atoms with E-state index in [-0.39, 0.29) is 12.7 Å². The molecule has 19 heavy (non-hydrogen) atoms. The zero-order valence-electron chi connectivity index (χ0n) is 12.1. The van der Waals surface area contributed by atoms with Crippen LogP contribution >= 0.6 is 0 Å². The molecule has 0 radical (unpaired) electrons. The molecule has 1 saturated heterocycles. The third-order valence-electron chi connectivity index (χ3n) is 5.01. The average molecular weight is 270 g/mol. The molecule has 2 atom stereocenters. The van der Waals surface area contributed by atoms with Crippen molar-refractivity contribution < 1.29 is 14.9 Å². The number of aliphatic hydroxyl groups excluding tert-OH is 2. The summed E-state index contributed by atoms with van der Waals surface area (Å²) in [6.45, 7) is 1.20. The van der Waals surface area contributed by atoms with E-state index in [0.29, 0.717) is 12.0 Å². The van der Waals surface area contributed by atoms with Gasteiger partial charge in [0.05, 0.1) is 12.2 Å². The van der Waals surface area contributed by atoms with Gasteiger partial charge in [-0.1, -0.05) is 0 Å². The quantitative estimate of drug-likeness (QED) is 0.730. The van der Waals surface area contributed by atoms with Gasteiger partial charge in [-0.2, -0.15) is 0 Å². The van der Waals surface area contributed by atoms with Crippen molar-refractivity contribution in [2.24, 2.45) is 11.8 Å². The van der Waals surface area contributed by atoms with Crippen molar-refractivity contribution in [3.63, 3.8) is 0 Å². The highest BCUT2D eigenvalue weighted by molar-refractivity contribution is 4.82. The van der Waals surface area contributed by atoms with E-state index in [0.717, 1.165) is 44.6 Å². The normalized spacial score (nSPS) is 34.1. The van der Waals surface area contributed by atoms with Crippen LogP contribution in [0, 0.1) is 11.8 Å². The van der Waals surface area contributed by atoms with Crippen molar-refractivity contribution >= 4 is 0 Å². The maximum atomic E-state index is 10.2. The summed E-state index contributed by atoms with van der Waals surface area (Å²) >= 11 is 0. The molecule has 2 aliphatic rings. The van der Waals surface area contributed by atoms with Gasteiger partial charge in [0, 0.05) is 13.2 Å². The van der Waals surface area contributed by atoms with Gasteiger partial charge >= 0.3 is 0 Å². The number of hydrogen-bond donors (Lipinski definition) is 2. The number of unbranched alkanes of at least 4 members (excludes halogenated alkanes) is 1. The zero-order valence-corrected chi connectivity index (χ0v) is 12.1. The minimum absolute atomic E-state index is 0.153. The first-order valence-corrected chi connectivity index (χ1v) is 8.21. The fraction of sp³-hybridized carbons (Fsp3) is 1.00. The predicted molar refractivity (Wildman–Crippen MR) is 76.0 cm³/mol. The van der Waals surface area contributed by atoms with Gasteiger partial charge in [0.25, 0.3) is 0 Å². The molecular formula is C16H30O3. The van der Waals surface area contributed by atoms with Crippen LogP contribution in [0.1, 0.15) is 64.2 Å². The second kappa shape index (κ2) is 8.23. The lowest BCUT2D eigenvalue weighted by Gasteiger charge is -2.37. The second-order valence-corrected chi connectivity index (χ2v) is 6.37. The second-order valence-electron chi connectivity index (χ2n) is 6.37. The molecule has 2 rings (SSSR count). The SMILES string of the molecule is OCCCCC(O)C1CCC(C2CCCCO2)CC1. The molecule has 0 spiro atoms. The van der Waals surface area contributed by atoms with Crippen LogP contribution in [0.4, 0.5) is 0 Å². The van der Waals surface area contributed by atoms with E-state index in [1.54, 1.807) is 0 Å². The maximum absolute atomic E-state index is 10.2. The molecule has 1 saturated carbocycles. The highest BCUT2D eigenvalue weighted by Crippen LogP contribution is 2.36. The minimum atomic E-state index is -0.153. The van der Waals surface area contributed by atoms with Crippen LogP contribution in [-0.4, -0.2) is 35.6 Å². The molecule has 3 heteroatoms. The van der Waals surface area contributed by atoms with Gasteiger partial charge in [0.15, 0.2) is 0 Å². The lowest BCUT2D eigenvalue weighted by molar-refractivity contribution is -0.0419. The van der Waals surface area contributed by atoms with Crippen LogP contribution in [0.2, 0.25) is 0 Å². The molecule has 1 aliphatic heterocycles. The Morgan fingerprint density at radius 1 is 1.00 bits per heavy atom. The number of hydrogen-bond acceptors (Lipinski definition) is 3. The van der Waals surface area contributed by atoms with E-state index in [2.05, 4.69) is 0 Å². The fourth-order valence-corrected chi connectivity index (χ4v) is 3.74. The molecule has 2 N–H and O–H groups in total. The minimum Gasteiger partial charge on any atom is -0.396 e. The lowest BCUT2D eigenvalue weighted by Crippen LogP contribution is -2.33. The summed E-state index contributed by atoms with van der Waals surface area (Å²) in [6.07, 6.45) is 11.6. The van der Waals surface area contributed by atoms with Crippen LogP contribution < -0.4 is 0 Å². The fourth-order valence-electron chi connectivity index (χ4n) is 3.74. The van der Waals surface area contributed by atoms with Crippen LogP contribution in [0.3, 0.4) is 0 Å². The first-order valence-electron chi connectivity index (χ1n) is 8.21. The summed E-state index contributed by atoms with van der Waals surface area (Å²) in [6, 6.07) is 0. The van der Waals surface area contributed by atoms with Gasteiger partial charge in [-0.05, 0) is 76.0 Å². The van der Waals surface area contributed by atoms with E-state index < -0.39 is 0 Å². The topological polar surface area (TPSA) is 49.7 Å². The first kappa shape index (κ1) is 15.3. The smallest absolute Gasteiger partial charge is 0.0603 e. The predicted octanol–water partition coefficient (Wildman–Crippen LogP) is 2.89. The van der Waals surface area contributed by atoms with E-state index in [9.17, 15) is 5.11 Å². The Bertz CT molecular complexity index is 230. The van der Waals surface area contributed by atoms with Crippen molar-refractivity contribution in [2.75, 3.05) is 13.2 Å². The van der Waals surface area contributed by atoms with Gasteiger partial charge in [-0.15, -0.1) is 0 Å². The summed E-state index contributed by atoms with van der Waals surface area (Å²) in [4.78, 5) is 0. The molecule has 0 aromatic rings. The number of ether oxygens (including phenoxy) is 1. The van der Waals surface area contributed by atoms with E-state index in [1.165, 1.54) is 32.1 Å². The molecule has 112 valence electrons. The Morgan fingerprint density at radius 2 is 1.79 bits per heavy atom. The van der Waals surface area contributed by atoms with E-state index in [4.69, 9.17) is 9.84 Å². The van der Waals surface area contributed by atoms with E-state index >= 15 is 0 Å². The largest absolute Gasteiger partial charge is 0.396 e. The summed E-state index contributed by atoms with van der Waals surface area (Å²) < 4.78 is 5.90. The van der Waals surface area contributed by atoms with Crippen LogP contribution in [0.15, 0.2) is 0 Å². The Hall–Kier alpha value is -0.120. The standard InChI is InChI=1S/C16H30O3/c17-11-3-1-5-15(18)13-7-9-14(10-8-13)16-6-2-4-12-19-16/h13-18H,1-12H2. The summed E-state index contributed by atoms with van der Waals surface area (Å²) in [5, 5.41) is 19.0. The van der Waals surface area contributed by atoms with Crippen molar-refractivity contribution in [2.45, 2.75) is 76.4 Å². The van der Waals surface area contributed by atoms with Crippen molar-refractivity contribution in [3.05, 3.63) is 0 Å². The van der Waals surface area contributed by atoms with Gasteiger partial charge in [-0.3, -0.25) is 0 Å². The lowest BCUT2D eigenvalue weighted by atomic mass is 9.75. The molecule has 1 aliphatic carbocycles. The summed E-state index contributed by atoms with van der Waals surface area (Å²) in [5.41, 5.74) is 0. The average Bonchev–Trinajstić information content (AvgIpc) is 2.48. The Balaban J connectivity index is 1.66. The molecule has 2 unspecified atom stereocenters. The molecule has 2 fully saturated rings. The van der Waals surface area contributed by atoms with Crippen molar-refractivity contribution in [3.8, 4) is 0 Å². The first-order chi connectivity index (χ1) is 9.31. The van der Waals surface area contributed by atoms with Crippen LogP contribution in [0.5, 0.6) is 0 Å². The van der Waals surface area contributed by atoms with Gasteiger partial charge in [-0.25, -0.2) is 0 Å². The van der Waals surface area contributed by atoms with Gasteiger partial charge < -0.3 is 14.9 Å². The molecule has 0 aromatic heterocycles. The molecule has 0 amide bonds. The highest BCUT2D eigenvalue weighted by Gasteiger charge is 2.31. The van der Waals surface area contributed by atoms with Crippen LogP contribution in [0.25, 0.3) is 0 Å². The highest BCUT2D eigenvalue weighted by atomic mass is 16.5. The molecular weight excluding hydrogens is 240 g/mol. The third kappa shape index (κ3) is 4.73. The van der Waals surface area contributed by atoms with E-state index in [1.807, 2.05) is 0 Å². The van der Waals surface area contributed by atoms with Gasteiger partial charge in [0.2, 0.25) is 0 Å². The molecule has 0 bridgehead atoms. The summed E-state index contributed by atoms with van der Waals surface area (Å²) in [7, 11) is 0. The van der Waals surface area contributed by atoms with Crippen LogP contribution in [-0.2, 0) is 4.74 Å². The molecule has 3 nitrogen and oxygen atoms in total. The molecule has 0 aromatic carbocycles. The monoisotopic (exact) mass is 270 g/mol. The number of aliphatic hydroxyl groups is 2. The summed E-state index contributed by atoms with van der Waals surface area (Å²) in [5.74, 6) is 1.22. The Morgan fingerprint density at radius 3 is 2.42 bits per heavy atom.